The van der Waals surface area contributed by atoms with Crippen LogP contribution in [0.2, 0.25) is 0 Å². The standard InChI is InChI=1S/C34H26N4O/c1-39-27-20-18-24(19-21-27)30(31-28-16-8-10-22-37(28)35-33(31)25-12-4-2-5-13-25)32-29-17-9-11-23-38(29)36-34(32)26-14-6-3-7-15-26/h2-23,30H,1H3. The lowest BCUT2D eigenvalue weighted by molar-refractivity contribution is 0.414. The highest BCUT2D eigenvalue weighted by molar-refractivity contribution is 5.82. The van der Waals surface area contributed by atoms with Gasteiger partial charge in [0.05, 0.1) is 29.5 Å². The maximum atomic E-state index is 5.52. The number of fused-ring (bicyclic) bond motifs is 2. The van der Waals surface area contributed by atoms with Gasteiger partial charge in [0.1, 0.15) is 5.75 Å². The largest absolute Gasteiger partial charge is 0.497 e. The average molecular weight is 507 g/mol. The smallest absolute Gasteiger partial charge is 0.118 e. The van der Waals surface area contributed by atoms with E-state index >= 15 is 0 Å². The molecule has 4 aromatic heterocycles. The van der Waals surface area contributed by atoms with Crippen molar-refractivity contribution in [3.63, 3.8) is 0 Å². The number of rotatable bonds is 6. The average Bonchev–Trinajstić information content (AvgIpc) is 3.58. The molecule has 0 spiro atoms. The first-order chi connectivity index (χ1) is 19.3. The Hall–Kier alpha value is -5.16. The van der Waals surface area contributed by atoms with Gasteiger partial charge in [-0.2, -0.15) is 10.2 Å². The van der Waals surface area contributed by atoms with Gasteiger partial charge in [0.15, 0.2) is 0 Å². The van der Waals surface area contributed by atoms with E-state index in [4.69, 9.17) is 14.9 Å². The molecule has 7 aromatic rings. The van der Waals surface area contributed by atoms with Crippen molar-refractivity contribution in [1.82, 2.24) is 19.2 Å². The molecule has 188 valence electrons. The second-order valence-corrected chi connectivity index (χ2v) is 9.52. The summed E-state index contributed by atoms with van der Waals surface area (Å²) in [4.78, 5) is 0. The van der Waals surface area contributed by atoms with Gasteiger partial charge in [-0.3, -0.25) is 0 Å². The van der Waals surface area contributed by atoms with Crippen LogP contribution in [0.15, 0.2) is 134 Å². The SMILES string of the molecule is COc1ccc(C(c2c(-c3ccccc3)nn3ccccc23)c2c(-c3ccccc3)nn3ccccc23)cc1. The summed E-state index contributed by atoms with van der Waals surface area (Å²) in [6, 6.07) is 41.7. The summed E-state index contributed by atoms with van der Waals surface area (Å²) in [5.74, 6) is 0.671. The van der Waals surface area contributed by atoms with E-state index < -0.39 is 0 Å². The molecule has 5 heteroatoms. The van der Waals surface area contributed by atoms with Crippen molar-refractivity contribution in [2.24, 2.45) is 0 Å². The Morgan fingerprint density at radius 2 is 1.00 bits per heavy atom. The highest BCUT2D eigenvalue weighted by Gasteiger charge is 2.31. The normalized spacial score (nSPS) is 11.4. The van der Waals surface area contributed by atoms with Crippen molar-refractivity contribution in [2.75, 3.05) is 7.11 Å². The summed E-state index contributed by atoms with van der Waals surface area (Å²) >= 11 is 0. The van der Waals surface area contributed by atoms with E-state index in [1.54, 1.807) is 7.11 Å². The van der Waals surface area contributed by atoms with E-state index in [1.807, 2.05) is 57.8 Å². The first-order valence-corrected chi connectivity index (χ1v) is 13.0. The zero-order valence-corrected chi connectivity index (χ0v) is 21.5. The van der Waals surface area contributed by atoms with Crippen LogP contribution in [0.5, 0.6) is 5.75 Å². The molecule has 3 aromatic carbocycles. The fraction of sp³-hybridized carbons (Fsp3) is 0.0588. The number of nitrogens with zero attached hydrogens (tertiary/aromatic N) is 4. The van der Waals surface area contributed by atoms with Gasteiger partial charge < -0.3 is 4.74 Å². The highest BCUT2D eigenvalue weighted by Crippen LogP contribution is 2.45. The summed E-state index contributed by atoms with van der Waals surface area (Å²) in [6.07, 6.45) is 4.04. The maximum Gasteiger partial charge on any atom is 0.118 e. The van der Waals surface area contributed by atoms with Crippen LogP contribution in [0.25, 0.3) is 33.5 Å². The molecule has 0 saturated heterocycles. The number of aromatic nitrogens is 4. The quantitative estimate of drug-likeness (QED) is 0.234. The molecular weight excluding hydrogens is 480 g/mol. The molecule has 39 heavy (non-hydrogen) atoms. The molecule has 0 atom stereocenters. The van der Waals surface area contributed by atoms with E-state index in [9.17, 15) is 0 Å². The maximum absolute atomic E-state index is 5.52. The van der Waals surface area contributed by atoms with E-state index in [0.29, 0.717) is 0 Å². The van der Waals surface area contributed by atoms with Crippen LogP contribution in [-0.4, -0.2) is 26.3 Å². The summed E-state index contributed by atoms with van der Waals surface area (Å²) < 4.78 is 9.50. The van der Waals surface area contributed by atoms with Crippen LogP contribution in [0.1, 0.15) is 22.6 Å². The summed E-state index contributed by atoms with van der Waals surface area (Å²) in [7, 11) is 1.70. The van der Waals surface area contributed by atoms with Gasteiger partial charge in [0, 0.05) is 40.6 Å². The van der Waals surface area contributed by atoms with Crippen molar-refractivity contribution in [2.45, 2.75) is 5.92 Å². The van der Waals surface area contributed by atoms with Gasteiger partial charge in [-0.05, 0) is 42.0 Å². The molecule has 0 aliphatic carbocycles. The predicted octanol–water partition coefficient (Wildman–Crippen LogP) is 7.50. The minimum Gasteiger partial charge on any atom is -0.497 e. The Morgan fingerprint density at radius 3 is 1.46 bits per heavy atom. The molecule has 0 unspecified atom stereocenters. The van der Waals surface area contributed by atoms with Gasteiger partial charge in [0.2, 0.25) is 0 Å². The molecule has 0 aliphatic heterocycles. The Morgan fingerprint density at radius 1 is 0.538 bits per heavy atom. The fourth-order valence-electron chi connectivity index (χ4n) is 5.50. The van der Waals surface area contributed by atoms with Crippen molar-refractivity contribution in [3.05, 3.63) is 150 Å². The van der Waals surface area contributed by atoms with Crippen molar-refractivity contribution >= 4 is 11.0 Å². The first-order valence-electron chi connectivity index (χ1n) is 13.0. The van der Waals surface area contributed by atoms with E-state index in [1.165, 1.54) is 0 Å². The van der Waals surface area contributed by atoms with Crippen LogP contribution in [0.3, 0.4) is 0 Å². The molecule has 7 rings (SSSR count). The Bertz CT molecular complexity index is 1770. The number of ether oxygens (including phenoxy) is 1. The number of methoxy groups -OCH3 is 1. The summed E-state index contributed by atoms with van der Waals surface area (Å²) in [5.41, 5.74) is 9.61. The van der Waals surface area contributed by atoms with Crippen LogP contribution < -0.4 is 4.74 Å². The summed E-state index contributed by atoms with van der Waals surface area (Å²) in [6.45, 7) is 0. The van der Waals surface area contributed by atoms with E-state index in [-0.39, 0.29) is 5.92 Å². The molecule has 0 saturated carbocycles. The van der Waals surface area contributed by atoms with Gasteiger partial charge in [-0.1, -0.05) is 84.9 Å². The van der Waals surface area contributed by atoms with Crippen LogP contribution in [0.4, 0.5) is 0 Å². The van der Waals surface area contributed by atoms with Crippen LogP contribution in [0, 0.1) is 0 Å². The van der Waals surface area contributed by atoms with Crippen molar-refractivity contribution in [1.29, 1.82) is 0 Å². The minimum absolute atomic E-state index is 0.152. The molecule has 5 nitrogen and oxygen atoms in total. The lowest BCUT2D eigenvalue weighted by Crippen LogP contribution is -2.06. The minimum atomic E-state index is -0.152. The van der Waals surface area contributed by atoms with Gasteiger partial charge in [-0.15, -0.1) is 0 Å². The lowest BCUT2D eigenvalue weighted by Gasteiger charge is -2.20. The number of pyridine rings is 2. The first kappa shape index (κ1) is 23.0. The molecule has 4 heterocycles. The topological polar surface area (TPSA) is 43.8 Å². The van der Waals surface area contributed by atoms with Crippen LogP contribution in [-0.2, 0) is 0 Å². The zero-order valence-electron chi connectivity index (χ0n) is 21.5. The molecular formula is C34H26N4O. The third-order valence-electron chi connectivity index (χ3n) is 7.28. The number of hydrogen-bond acceptors (Lipinski definition) is 3. The zero-order chi connectivity index (χ0) is 26.2. The second kappa shape index (κ2) is 9.62. The lowest BCUT2D eigenvalue weighted by atomic mass is 9.81. The molecule has 0 radical (unpaired) electrons. The Labute approximate surface area is 226 Å². The molecule has 0 fully saturated rings. The molecule has 0 aliphatic rings. The highest BCUT2D eigenvalue weighted by atomic mass is 16.5. The Balaban J connectivity index is 1.61. The fourth-order valence-corrected chi connectivity index (χ4v) is 5.50. The molecule has 0 bridgehead atoms. The van der Waals surface area contributed by atoms with Crippen LogP contribution >= 0.6 is 0 Å². The molecule has 0 N–H and O–H groups in total. The van der Waals surface area contributed by atoms with Crippen molar-refractivity contribution < 1.29 is 4.74 Å². The third-order valence-corrected chi connectivity index (χ3v) is 7.28. The van der Waals surface area contributed by atoms with Crippen molar-refractivity contribution in [3.8, 4) is 28.3 Å². The third kappa shape index (κ3) is 3.96. The predicted molar refractivity (Wildman–Crippen MR) is 155 cm³/mol. The second-order valence-electron chi connectivity index (χ2n) is 9.52. The number of benzene rings is 3. The van der Waals surface area contributed by atoms with E-state index in [0.717, 1.165) is 56.0 Å². The Kier molecular flexibility index (Phi) is 5.67. The monoisotopic (exact) mass is 506 g/mol. The summed E-state index contributed by atoms with van der Waals surface area (Å²) in [5, 5.41) is 10.2. The molecule has 0 amide bonds. The van der Waals surface area contributed by atoms with Gasteiger partial charge in [0.25, 0.3) is 0 Å². The number of hydrogen-bond donors (Lipinski definition) is 0. The van der Waals surface area contributed by atoms with Gasteiger partial charge >= 0.3 is 0 Å². The van der Waals surface area contributed by atoms with E-state index in [2.05, 4.69) is 84.9 Å². The van der Waals surface area contributed by atoms with Gasteiger partial charge in [-0.25, -0.2) is 9.03 Å².